The molecule has 108 valence electrons. The lowest BCUT2D eigenvalue weighted by atomic mass is 9.99. The van der Waals surface area contributed by atoms with Crippen LogP contribution < -0.4 is 4.74 Å². The smallest absolute Gasteiger partial charge is 0.237 e. The molecular weight excluding hydrogens is 260 g/mol. The molecule has 0 aliphatic carbocycles. The number of pyridine rings is 1. The van der Waals surface area contributed by atoms with Crippen LogP contribution in [0.3, 0.4) is 0 Å². The third-order valence-electron chi connectivity index (χ3n) is 3.70. The number of hydrogen-bond acceptors (Lipinski definition) is 3. The van der Waals surface area contributed by atoms with Gasteiger partial charge in [0.1, 0.15) is 17.4 Å². The van der Waals surface area contributed by atoms with Crippen molar-refractivity contribution in [3.8, 4) is 17.7 Å². The lowest BCUT2D eigenvalue weighted by molar-refractivity contribution is 0.459. The highest BCUT2D eigenvalue weighted by Gasteiger charge is 2.11. The monoisotopic (exact) mass is 280 g/mol. The van der Waals surface area contributed by atoms with Crippen LogP contribution in [0.1, 0.15) is 48.6 Å². The second-order valence-electron chi connectivity index (χ2n) is 5.35. The highest BCUT2D eigenvalue weighted by molar-refractivity contribution is 5.47. The molecule has 1 aromatic heterocycles. The van der Waals surface area contributed by atoms with Crippen molar-refractivity contribution in [3.63, 3.8) is 0 Å². The summed E-state index contributed by atoms with van der Waals surface area (Å²) in [6, 6.07) is 12.0. The quantitative estimate of drug-likeness (QED) is 0.802. The fraction of sp³-hybridized carbons (Fsp3) is 0.333. The van der Waals surface area contributed by atoms with E-state index in [1.165, 1.54) is 5.56 Å². The third kappa shape index (κ3) is 3.41. The van der Waals surface area contributed by atoms with Gasteiger partial charge in [0.25, 0.3) is 0 Å². The lowest BCUT2D eigenvalue weighted by Gasteiger charge is -2.12. The van der Waals surface area contributed by atoms with E-state index in [0.717, 1.165) is 17.7 Å². The third-order valence-corrected chi connectivity index (χ3v) is 3.70. The van der Waals surface area contributed by atoms with Crippen LogP contribution in [0.15, 0.2) is 30.3 Å². The van der Waals surface area contributed by atoms with Crippen LogP contribution in [-0.2, 0) is 0 Å². The standard InChI is InChI=1S/C18H20N2O/c1-5-12(2)15-6-8-16(9-7-15)21-18-17(11-19)13(3)10-14(4)20-18/h6-10,12H,5H2,1-4H3. The molecule has 0 radical (unpaired) electrons. The molecule has 1 atom stereocenters. The van der Waals surface area contributed by atoms with Crippen molar-refractivity contribution in [1.29, 1.82) is 5.26 Å². The maximum Gasteiger partial charge on any atom is 0.237 e. The second kappa shape index (κ2) is 6.41. The molecule has 0 saturated carbocycles. The van der Waals surface area contributed by atoms with Crippen LogP contribution in [0, 0.1) is 25.2 Å². The summed E-state index contributed by atoms with van der Waals surface area (Å²) in [5.41, 5.74) is 3.51. The van der Waals surface area contributed by atoms with Crippen molar-refractivity contribution in [1.82, 2.24) is 4.98 Å². The Labute approximate surface area is 126 Å². The summed E-state index contributed by atoms with van der Waals surface area (Å²) in [5.74, 6) is 1.62. The van der Waals surface area contributed by atoms with E-state index in [2.05, 4.69) is 37.0 Å². The van der Waals surface area contributed by atoms with Gasteiger partial charge in [0.15, 0.2) is 0 Å². The fourth-order valence-electron chi connectivity index (χ4n) is 2.22. The van der Waals surface area contributed by atoms with Gasteiger partial charge in [-0.25, -0.2) is 4.98 Å². The average Bonchev–Trinajstić information content (AvgIpc) is 2.47. The summed E-state index contributed by atoms with van der Waals surface area (Å²) in [4.78, 5) is 4.33. The average molecular weight is 280 g/mol. The summed E-state index contributed by atoms with van der Waals surface area (Å²) in [6.07, 6.45) is 1.11. The van der Waals surface area contributed by atoms with Crippen LogP contribution >= 0.6 is 0 Å². The zero-order valence-electron chi connectivity index (χ0n) is 13.0. The van der Waals surface area contributed by atoms with Crippen molar-refractivity contribution in [2.45, 2.75) is 40.0 Å². The van der Waals surface area contributed by atoms with Crippen molar-refractivity contribution >= 4 is 0 Å². The SMILES string of the molecule is CCC(C)c1ccc(Oc2nc(C)cc(C)c2C#N)cc1. The predicted octanol–water partition coefficient (Wildman–Crippen LogP) is 4.88. The van der Waals surface area contributed by atoms with Crippen molar-refractivity contribution in [2.24, 2.45) is 0 Å². The van der Waals surface area contributed by atoms with Gasteiger partial charge in [-0.1, -0.05) is 26.0 Å². The second-order valence-corrected chi connectivity index (χ2v) is 5.35. The summed E-state index contributed by atoms with van der Waals surface area (Å²) in [6.45, 7) is 8.17. The van der Waals surface area contributed by atoms with Crippen LogP contribution in [0.5, 0.6) is 11.6 Å². The summed E-state index contributed by atoms with van der Waals surface area (Å²) >= 11 is 0. The van der Waals surface area contributed by atoms with E-state index in [1.807, 2.05) is 32.0 Å². The van der Waals surface area contributed by atoms with Gasteiger partial charge in [-0.2, -0.15) is 5.26 Å². The summed E-state index contributed by atoms with van der Waals surface area (Å²) in [7, 11) is 0. The molecule has 1 unspecified atom stereocenters. The molecular formula is C18H20N2O. The van der Waals surface area contributed by atoms with Crippen LogP contribution in [0.2, 0.25) is 0 Å². The molecule has 3 heteroatoms. The van der Waals surface area contributed by atoms with E-state index < -0.39 is 0 Å². The van der Waals surface area contributed by atoms with Crippen molar-refractivity contribution < 1.29 is 4.74 Å². The largest absolute Gasteiger partial charge is 0.438 e. The van der Waals surface area contributed by atoms with Crippen LogP contribution in [-0.4, -0.2) is 4.98 Å². The minimum Gasteiger partial charge on any atom is -0.438 e. The van der Waals surface area contributed by atoms with Gasteiger partial charge >= 0.3 is 0 Å². The molecule has 0 aliphatic rings. The highest BCUT2D eigenvalue weighted by Crippen LogP contribution is 2.27. The number of aryl methyl sites for hydroxylation is 2. The Bertz CT molecular complexity index is 669. The number of nitriles is 1. The minimum atomic E-state index is 0.381. The van der Waals surface area contributed by atoms with Crippen molar-refractivity contribution in [2.75, 3.05) is 0 Å². The molecule has 1 heterocycles. The normalized spacial score (nSPS) is 11.8. The molecule has 0 spiro atoms. The predicted molar refractivity (Wildman–Crippen MR) is 83.6 cm³/mol. The summed E-state index contributed by atoms with van der Waals surface area (Å²) < 4.78 is 5.80. The molecule has 0 aliphatic heterocycles. The molecule has 3 nitrogen and oxygen atoms in total. The molecule has 0 N–H and O–H groups in total. The Balaban J connectivity index is 2.29. The highest BCUT2D eigenvalue weighted by atomic mass is 16.5. The minimum absolute atomic E-state index is 0.381. The van der Waals surface area contributed by atoms with Gasteiger partial charge in [-0.15, -0.1) is 0 Å². The Kier molecular flexibility index (Phi) is 4.59. The molecule has 2 aromatic rings. The van der Waals surface area contributed by atoms with Gasteiger partial charge < -0.3 is 4.74 Å². The molecule has 21 heavy (non-hydrogen) atoms. The van der Waals surface area contributed by atoms with Gasteiger partial charge in [0.2, 0.25) is 5.88 Å². The number of hydrogen-bond donors (Lipinski definition) is 0. The maximum absolute atomic E-state index is 9.25. The van der Waals surface area contributed by atoms with E-state index in [1.54, 1.807) is 0 Å². The number of nitrogens with zero attached hydrogens (tertiary/aromatic N) is 2. The van der Waals surface area contributed by atoms with E-state index in [0.29, 0.717) is 23.1 Å². The zero-order valence-corrected chi connectivity index (χ0v) is 13.0. The van der Waals surface area contributed by atoms with Crippen LogP contribution in [0.25, 0.3) is 0 Å². The van der Waals surface area contributed by atoms with Crippen LogP contribution in [0.4, 0.5) is 0 Å². The van der Waals surface area contributed by atoms with E-state index in [9.17, 15) is 5.26 Å². The first-order valence-electron chi connectivity index (χ1n) is 7.21. The van der Waals surface area contributed by atoms with Gasteiger partial charge in [-0.05, 0) is 55.5 Å². The van der Waals surface area contributed by atoms with Gasteiger partial charge in [-0.3, -0.25) is 0 Å². The number of rotatable bonds is 4. The Morgan fingerprint density at radius 1 is 1.24 bits per heavy atom. The first kappa shape index (κ1) is 15.1. The Morgan fingerprint density at radius 2 is 1.90 bits per heavy atom. The zero-order chi connectivity index (χ0) is 15.4. The van der Waals surface area contributed by atoms with E-state index >= 15 is 0 Å². The Hall–Kier alpha value is -2.34. The first-order valence-corrected chi connectivity index (χ1v) is 7.21. The van der Waals surface area contributed by atoms with Gasteiger partial charge in [0, 0.05) is 5.69 Å². The molecule has 0 fully saturated rings. The van der Waals surface area contributed by atoms with Gasteiger partial charge in [0.05, 0.1) is 0 Å². The number of aromatic nitrogens is 1. The first-order chi connectivity index (χ1) is 10.0. The summed E-state index contributed by atoms with van der Waals surface area (Å²) in [5, 5.41) is 9.25. The fourth-order valence-corrected chi connectivity index (χ4v) is 2.22. The van der Waals surface area contributed by atoms with E-state index in [-0.39, 0.29) is 0 Å². The molecule has 2 rings (SSSR count). The number of benzene rings is 1. The molecule has 0 saturated heterocycles. The molecule has 1 aromatic carbocycles. The Morgan fingerprint density at radius 3 is 2.48 bits per heavy atom. The maximum atomic E-state index is 9.25. The molecule has 0 bridgehead atoms. The van der Waals surface area contributed by atoms with E-state index in [4.69, 9.17) is 4.74 Å². The topological polar surface area (TPSA) is 45.9 Å². The molecule has 0 amide bonds. The lowest BCUT2D eigenvalue weighted by Crippen LogP contribution is -1.97. The number of ether oxygens (including phenoxy) is 1. The van der Waals surface area contributed by atoms with Crippen molar-refractivity contribution in [3.05, 3.63) is 52.7 Å².